The summed E-state index contributed by atoms with van der Waals surface area (Å²) >= 11 is 0. The van der Waals surface area contributed by atoms with E-state index < -0.39 is 0 Å². The maximum atomic E-state index is 2.42. The first kappa shape index (κ1) is 7.90. The Labute approximate surface area is 74.4 Å². The van der Waals surface area contributed by atoms with Crippen LogP contribution in [0.25, 0.3) is 0 Å². The molecule has 1 aromatic heterocycles. The summed E-state index contributed by atoms with van der Waals surface area (Å²) in [6.07, 6.45) is 10.0. The van der Waals surface area contributed by atoms with Crippen LogP contribution in [0, 0.1) is 5.41 Å². The molecule has 1 heteroatoms. The van der Waals surface area contributed by atoms with Crippen LogP contribution in [0.2, 0.25) is 0 Å². The molecule has 2 rings (SSSR count). The van der Waals surface area contributed by atoms with E-state index >= 15 is 0 Å². The third-order valence-electron chi connectivity index (χ3n) is 3.04. The van der Waals surface area contributed by atoms with Crippen LogP contribution in [0.15, 0.2) is 24.5 Å². The van der Waals surface area contributed by atoms with Crippen molar-refractivity contribution in [3.63, 3.8) is 0 Å². The van der Waals surface area contributed by atoms with E-state index in [0.717, 1.165) is 0 Å². The highest BCUT2D eigenvalue weighted by Gasteiger charge is 2.28. The summed E-state index contributed by atoms with van der Waals surface area (Å²) in [5.41, 5.74) is 0.582. The van der Waals surface area contributed by atoms with Crippen molar-refractivity contribution in [3.8, 4) is 0 Å². The van der Waals surface area contributed by atoms with Crippen molar-refractivity contribution >= 4 is 0 Å². The van der Waals surface area contributed by atoms with E-state index in [9.17, 15) is 0 Å². The van der Waals surface area contributed by atoms with Gasteiger partial charge in [0, 0.05) is 18.9 Å². The molecule has 1 aliphatic carbocycles. The van der Waals surface area contributed by atoms with E-state index in [2.05, 4.69) is 36.0 Å². The zero-order chi connectivity index (χ0) is 8.44. The number of aromatic nitrogens is 1. The number of rotatable bonds is 2. The molecule has 1 aliphatic rings. The summed E-state index contributed by atoms with van der Waals surface area (Å²) in [5, 5.41) is 0. The molecule has 0 spiro atoms. The van der Waals surface area contributed by atoms with Gasteiger partial charge in [0.15, 0.2) is 0 Å². The Hall–Kier alpha value is -0.720. The molecule has 66 valence electrons. The van der Waals surface area contributed by atoms with Crippen molar-refractivity contribution in [2.75, 3.05) is 0 Å². The van der Waals surface area contributed by atoms with Gasteiger partial charge in [-0.2, -0.15) is 0 Å². The first-order chi connectivity index (χ1) is 5.79. The van der Waals surface area contributed by atoms with Crippen molar-refractivity contribution in [1.82, 2.24) is 4.57 Å². The fraction of sp³-hybridized carbons (Fsp3) is 0.636. The average molecular weight is 163 g/mol. The van der Waals surface area contributed by atoms with Gasteiger partial charge in [0.05, 0.1) is 0 Å². The lowest BCUT2D eigenvalue weighted by Crippen LogP contribution is -2.18. The predicted octanol–water partition coefficient (Wildman–Crippen LogP) is 3.07. The van der Waals surface area contributed by atoms with Crippen LogP contribution in [0.5, 0.6) is 0 Å². The molecule has 0 amide bonds. The maximum Gasteiger partial charge on any atom is 0.0273 e. The van der Waals surface area contributed by atoms with Crippen molar-refractivity contribution < 1.29 is 0 Å². The second-order valence-electron chi connectivity index (χ2n) is 4.37. The molecule has 0 atom stereocenters. The number of hydrogen-bond donors (Lipinski definition) is 0. The number of nitrogens with zero attached hydrogens (tertiary/aromatic N) is 1. The quantitative estimate of drug-likeness (QED) is 0.631. The molecule has 0 radical (unpaired) electrons. The van der Waals surface area contributed by atoms with Crippen LogP contribution in [0.1, 0.15) is 32.6 Å². The normalized spacial score (nSPS) is 21.4. The predicted molar refractivity (Wildman–Crippen MR) is 51.0 cm³/mol. The molecular formula is C11H17N. The van der Waals surface area contributed by atoms with E-state index in [1.165, 1.54) is 32.2 Å². The third-order valence-corrected chi connectivity index (χ3v) is 3.04. The summed E-state index contributed by atoms with van der Waals surface area (Å²) in [7, 11) is 0. The van der Waals surface area contributed by atoms with E-state index in [0.29, 0.717) is 5.41 Å². The van der Waals surface area contributed by atoms with Gasteiger partial charge in [-0.3, -0.25) is 0 Å². The molecule has 1 nitrogen and oxygen atoms in total. The summed E-state index contributed by atoms with van der Waals surface area (Å²) < 4.78 is 2.31. The van der Waals surface area contributed by atoms with Crippen LogP contribution < -0.4 is 0 Å². The van der Waals surface area contributed by atoms with Crippen LogP contribution in [0.3, 0.4) is 0 Å². The Kier molecular flexibility index (Phi) is 1.95. The molecular weight excluding hydrogens is 146 g/mol. The molecule has 0 aliphatic heterocycles. The largest absolute Gasteiger partial charge is 0.354 e. The average Bonchev–Trinajstić information content (AvgIpc) is 2.62. The van der Waals surface area contributed by atoms with Gasteiger partial charge in [-0.15, -0.1) is 0 Å². The van der Waals surface area contributed by atoms with Crippen LogP contribution >= 0.6 is 0 Å². The Morgan fingerprint density at radius 2 is 1.75 bits per heavy atom. The van der Waals surface area contributed by atoms with E-state index in [4.69, 9.17) is 0 Å². The highest BCUT2D eigenvalue weighted by atomic mass is 14.9. The third kappa shape index (κ3) is 1.55. The molecule has 1 saturated carbocycles. The maximum absolute atomic E-state index is 2.42. The van der Waals surface area contributed by atoms with Gasteiger partial charge < -0.3 is 4.57 Å². The second kappa shape index (κ2) is 2.96. The van der Waals surface area contributed by atoms with Gasteiger partial charge in [-0.05, 0) is 30.4 Å². The lowest BCUT2D eigenvalue weighted by molar-refractivity contribution is 0.282. The highest BCUT2D eigenvalue weighted by molar-refractivity contribution is 4.92. The SMILES string of the molecule is CC1(Cn2cccc2)CCCC1. The minimum atomic E-state index is 0.582. The Balaban J connectivity index is 2.02. The fourth-order valence-corrected chi connectivity index (χ4v) is 2.30. The zero-order valence-electron chi connectivity index (χ0n) is 7.79. The van der Waals surface area contributed by atoms with Crippen LogP contribution in [-0.4, -0.2) is 4.57 Å². The molecule has 1 aromatic rings. The molecule has 1 heterocycles. The molecule has 1 fully saturated rings. The van der Waals surface area contributed by atoms with Gasteiger partial charge in [0.25, 0.3) is 0 Å². The first-order valence-corrected chi connectivity index (χ1v) is 4.89. The lowest BCUT2D eigenvalue weighted by Gasteiger charge is -2.23. The standard InChI is InChI=1S/C11H17N/c1-11(6-2-3-7-11)10-12-8-4-5-9-12/h4-5,8-9H,2-3,6-7,10H2,1H3. The summed E-state index contributed by atoms with van der Waals surface area (Å²) in [6, 6.07) is 4.22. The van der Waals surface area contributed by atoms with Gasteiger partial charge in [-0.25, -0.2) is 0 Å². The van der Waals surface area contributed by atoms with E-state index in [1.807, 2.05) is 0 Å². The van der Waals surface area contributed by atoms with Crippen molar-refractivity contribution in [2.24, 2.45) is 5.41 Å². The Bertz CT molecular complexity index is 230. The van der Waals surface area contributed by atoms with Gasteiger partial charge in [0.2, 0.25) is 0 Å². The number of hydrogen-bond acceptors (Lipinski definition) is 0. The van der Waals surface area contributed by atoms with Crippen molar-refractivity contribution in [2.45, 2.75) is 39.2 Å². The minimum absolute atomic E-state index is 0.582. The van der Waals surface area contributed by atoms with Crippen molar-refractivity contribution in [3.05, 3.63) is 24.5 Å². The summed E-state index contributed by atoms with van der Waals surface area (Å²) in [6.45, 7) is 3.62. The second-order valence-corrected chi connectivity index (χ2v) is 4.37. The Morgan fingerprint density at radius 1 is 1.17 bits per heavy atom. The smallest absolute Gasteiger partial charge is 0.0273 e. The van der Waals surface area contributed by atoms with Crippen LogP contribution in [0.4, 0.5) is 0 Å². The van der Waals surface area contributed by atoms with Gasteiger partial charge >= 0.3 is 0 Å². The molecule has 0 N–H and O–H groups in total. The molecule has 0 bridgehead atoms. The van der Waals surface area contributed by atoms with Gasteiger partial charge in [-0.1, -0.05) is 19.8 Å². The molecule has 0 aromatic carbocycles. The van der Waals surface area contributed by atoms with E-state index in [1.54, 1.807) is 0 Å². The van der Waals surface area contributed by atoms with Crippen molar-refractivity contribution in [1.29, 1.82) is 0 Å². The minimum Gasteiger partial charge on any atom is -0.354 e. The van der Waals surface area contributed by atoms with E-state index in [-0.39, 0.29) is 0 Å². The highest BCUT2D eigenvalue weighted by Crippen LogP contribution is 2.38. The van der Waals surface area contributed by atoms with Crippen LogP contribution in [-0.2, 0) is 6.54 Å². The molecule has 0 saturated heterocycles. The Morgan fingerprint density at radius 3 is 2.33 bits per heavy atom. The van der Waals surface area contributed by atoms with Gasteiger partial charge in [0.1, 0.15) is 0 Å². The summed E-state index contributed by atoms with van der Waals surface area (Å²) in [5.74, 6) is 0. The molecule has 0 unspecified atom stereocenters. The fourth-order valence-electron chi connectivity index (χ4n) is 2.30. The zero-order valence-corrected chi connectivity index (χ0v) is 7.79. The topological polar surface area (TPSA) is 4.93 Å². The monoisotopic (exact) mass is 163 g/mol. The first-order valence-electron chi connectivity index (χ1n) is 4.89. The molecule has 12 heavy (non-hydrogen) atoms. The summed E-state index contributed by atoms with van der Waals surface area (Å²) in [4.78, 5) is 0. The lowest BCUT2D eigenvalue weighted by atomic mass is 9.89.